The van der Waals surface area contributed by atoms with E-state index < -0.39 is 41.7 Å². The summed E-state index contributed by atoms with van der Waals surface area (Å²) in [6.45, 7) is 1.02. The van der Waals surface area contributed by atoms with Gasteiger partial charge in [-0.3, -0.25) is 4.79 Å². The minimum Gasteiger partial charge on any atom is -0.477 e. The van der Waals surface area contributed by atoms with Crippen LogP contribution in [-0.2, 0) is 23.6 Å². The molecule has 7 nitrogen and oxygen atoms in total. The van der Waals surface area contributed by atoms with Crippen molar-refractivity contribution in [3.05, 3.63) is 70.5 Å². The number of morpholine rings is 1. The first-order chi connectivity index (χ1) is 19.4. The van der Waals surface area contributed by atoms with E-state index >= 15 is 4.39 Å². The van der Waals surface area contributed by atoms with Gasteiger partial charge < -0.3 is 19.3 Å². The van der Waals surface area contributed by atoms with E-state index in [-0.39, 0.29) is 59.9 Å². The van der Waals surface area contributed by atoms with Crippen LogP contribution in [0.15, 0.2) is 42.5 Å². The SMILES string of the molecule is O=C1c2c(nc(N3CCOCC3)nc2-c2ccccc2F)OCCCN1Cc1cc(C(F)(F)F)cc(C(F)(F)F)c1. The zero-order valence-corrected chi connectivity index (χ0v) is 21.4. The molecular weight excluding hydrogens is 561 g/mol. The lowest BCUT2D eigenvalue weighted by Crippen LogP contribution is -2.38. The lowest BCUT2D eigenvalue weighted by atomic mass is 10.0. The zero-order chi connectivity index (χ0) is 29.4. The van der Waals surface area contributed by atoms with Gasteiger partial charge in [0.05, 0.1) is 36.6 Å². The number of ether oxygens (including phenoxy) is 2. The third-order valence-corrected chi connectivity index (χ3v) is 6.62. The highest BCUT2D eigenvalue weighted by Crippen LogP contribution is 2.38. The molecule has 0 unspecified atom stereocenters. The van der Waals surface area contributed by atoms with Gasteiger partial charge in [-0.15, -0.1) is 0 Å². The van der Waals surface area contributed by atoms with E-state index in [0.29, 0.717) is 38.4 Å². The van der Waals surface area contributed by atoms with Gasteiger partial charge in [0.15, 0.2) is 0 Å². The molecule has 1 amide bonds. The van der Waals surface area contributed by atoms with Crippen molar-refractivity contribution < 1.29 is 45.0 Å². The minimum atomic E-state index is -5.04. The standard InChI is InChI=1S/C27H23F7N4O3/c28-20-5-2-1-4-19(20)22-21-23(36-25(35-22)37-7-10-40-11-8-37)41-9-3-6-38(24(21)39)15-16-12-17(26(29,30)31)14-18(13-16)27(32,33)34/h1-2,4-5,12-14H,3,6-11,15H2. The Morgan fingerprint density at radius 1 is 0.854 bits per heavy atom. The Kier molecular flexibility index (Phi) is 7.77. The lowest BCUT2D eigenvalue weighted by Gasteiger charge is -2.30. The molecule has 1 aromatic heterocycles. The smallest absolute Gasteiger partial charge is 0.416 e. The highest BCUT2D eigenvalue weighted by Gasteiger charge is 2.38. The van der Waals surface area contributed by atoms with E-state index in [1.807, 2.05) is 0 Å². The fourth-order valence-corrected chi connectivity index (χ4v) is 4.64. The molecule has 1 fully saturated rings. The van der Waals surface area contributed by atoms with Crippen LogP contribution in [-0.4, -0.2) is 60.2 Å². The first-order valence-electron chi connectivity index (χ1n) is 12.6. The first kappa shape index (κ1) is 28.6. The van der Waals surface area contributed by atoms with Gasteiger partial charge in [0.2, 0.25) is 11.8 Å². The Morgan fingerprint density at radius 2 is 1.51 bits per heavy atom. The quantitative estimate of drug-likeness (QED) is 0.373. The Labute approximate surface area is 229 Å². The van der Waals surface area contributed by atoms with Crippen molar-refractivity contribution >= 4 is 11.9 Å². The molecule has 0 bridgehead atoms. The van der Waals surface area contributed by atoms with Crippen LogP contribution in [0.1, 0.15) is 33.5 Å². The molecular formula is C27H23F7N4O3. The topological polar surface area (TPSA) is 67.8 Å². The maximum absolute atomic E-state index is 15.0. The summed E-state index contributed by atoms with van der Waals surface area (Å²) in [5.41, 5.74) is -3.74. The first-order valence-corrected chi connectivity index (χ1v) is 12.6. The van der Waals surface area contributed by atoms with E-state index in [1.165, 1.54) is 24.3 Å². The Bertz CT molecular complexity index is 1410. The predicted molar refractivity (Wildman–Crippen MR) is 132 cm³/mol. The molecule has 2 aliphatic rings. The van der Waals surface area contributed by atoms with Gasteiger partial charge in [-0.05, 0) is 42.3 Å². The van der Waals surface area contributed by atoms with Gasteiger partial charge in [0.25, 0.3) is 5.91 Å². The van der Waals surface area contributed by atoms with Gasteiger partial charge in [0.1, 0.15) is 11.4 Å². The molecule has 0 spiro atoms. The Morgan fingerprint density at radius 3 is 2.15 bits per heavy atom. The van der Waals surface area contributed by atoms with E-state index in [2.05, 4.69) is 9.97 Å². The fourth-order valence-electron chi connectivity index (χ4n) is 4.64. The van der Waals surface area contributed by atoms with Crippen LogP contribution < -0.4 is 9.64 Å². The van der Waals surface area contributed by atoms with E-state index in [4.69, 9.17) is 9.47 Å². The van der Waals surface area contributed by atoms with Crippen molar-refractivity contribution in [3.8, 4) is 17.1 Å². The number of halogens is 7. The van der Waals surface area contributed by atoms with Gasteiger partial charge in [-0.25, -0.2) is 9.37 Å². The summed E-state index contributed by atoms with van der Waals surface area (Å²) in [5, 5.41) is 0. The molecule has 0 aliphatic carbocycles. The third-order valence-electron chi connectivity index (χ3n) is 6.62. The number of hydrogen-bond acceptors (Lipinski definition) is 6. The number of aromatic nitrogens is 2. The maximum atomic E-state index is 15.0. The van der Waals surface area contributed by atoms with Crippen LogP contribution >= 0.6 is 0 Å². The summed E-state index contributed by atoms with van der Waals surface area (Å²) in [6, 6.07) is 6.74. The number of carbonyl (C=O) groups excluding carboxylic acids is 1. The molecule has 0 radical (unpaired) electrons. The number of hydrogen-bond donors (Lipinski definition) is 0. The monoisotopic (exact) mass is 584 g/mol. The number of fused-ring (bicyclic) bond motifs is 1. The van der Waals surface area contributed by atoms with Crippen molar-refractivity contribution in [2.75, 3.05) is 44.4 Å². The molecule has 0 saturated carbocycles. The van der Waals surface area contributed by atoms with Crippen LogP contribution in [0.3, 0.4) is 0 Å². The molecule has 41 heavy (non-hydrogen) atoms. The van der Waals surface area contributed by atoms with E-state index in [1.54, 1.807) is 4.90 Å². The molecule has 2 aromatic carbocycles. The van der Waals surface area contributed by atoms with Crippen molar-refractivity contribution in [3.63, 3.8) is 0 Å². The van der Waals surface area contributed by atoms with Gasteiger partial charge in [-0.1, -0.05) is 12.1 Å². The van der Waals surface area contributed by atoms with Gasteiger partial charge in [0, 0.05) is 31.7 Å². The molecule has 2 aliphatic heterocycles. The van der Waals surface area contributed by atoms with Crippen LogP contribution in [0.4, 0.5) is 36.7 Å². The summed E-state index contributed by atoms with van der Waals surface area (Å²) >= 11 is 0. The van der Waals surface area contributed by atoms with Crippen LogP contribution in [0.25, 0.3) is 11.3 Å². The number of nitrogens with zero attached hydrogens (tertiary/aromatic N) is 4. The Balaban J connectivity index is 1.60. The van der Waals surface area contributed by atoms with E-state index in [0.717, 1.165) is 4.90 Å². The zero-order valence-electron chi connectivity index (χ0n) is 21.4. The summed E-state index contributed by atoms with van der Waals surface area (Å²) in [4.78, 5) is 25.7. The Hall–Kier alpha value is -3.94. The van der Waals surface area contributed by atoms with Crippen molar-refractivity contribution in [2.24, 2.45) is 0 Å². The molecule has 5 rings (SSSR count). The average molecular weight is 584 g/mol. The van der Waals surface area contributed by atoms with Crippen LogP contribution in [0.5, 0.6) is 5.88 Å². The highest BCUT2D eigenvalue weighted by atomic mass is 19.4. The van der Waals surface area contributed by atoms with Crippen molar-refractivity contribution in [2.45, 2.75) is 25.3 Å². The van der Waals surface area contributed by atoms with Crippen LogP contribution in [0.2, 0.25) is 0 Å². The van der Waals surface area contributed by atoms with E-state index in [9.17, 15) is 31.1 Å². The summed E-state index contributed by atoms with van der Waals surface area (Å²) in [5.74, 6) is -1.51. The molecule has 0 atom stereocenters. The van der Waals surface area contributed by atoms with Gasteiger partial charge >= 0.3 is 12.4 Å². The summed E-state index contributed by atoms with van der Waals surface area (Å²) in [6.07, 6.45) is -9.88. The highest BCUT2D eigenvalue weighted by molar-refractivity contribution is 6.02. The number of alkyl halides is 6. The van der Waals surface area contributed by atoms with Crippen LogP contribution in [0, 0.1) is 5.82 Å². The molecule has 218 valence electrons. The third kappa shape index (κ3) is 6.21. The number of amides is 1. The maximum Gasteiger partial charge on any atom is 0.416 e. The molecule has 0 N–H and O–H groups in total. The second-order valence-electron chi connectivity index (χ2n) is 9.47. The number of benzene rings is 2. The minimum absolute atomic E-state index is 0.0270. The molecule has 3 aromatic rings. The van der Waals surface area contributed by atoms with Crippen molar-refractivity contribution in [1.29, 1.82) is 0 Å². The number of anilines is 1. The number of rotatable bonds is 4. The summed E-state index contributed by atoms with van der Waals surface area (Å²) in [7, 11) is 0. The second-order valence-corrected chi connectivity index (χ2v) is 9.47. The fraction of sp³-hybridized carbons (Fsp3) is 0.370. The number of carbonyl (C=O) groups is 1. The predicted octanol–water partition coefficient (Wildman–Crippen LogP) is 5.58. The average Bonchev–Trinajstić information content (AvgIpc) is 2.92. The van der Waals surface area contributed by atoms with Crippen molar-refractivity contribution in [1.82, 2.24) is 14.9 Å². The largest absolute Gasteiger partial charge is 0.477 e. The normalized spacial score (nSPS) is 16.6. The molecule has 1 saturated heterocycles. The molecule has 3 heterocycles. The van der Waals surface area contributed by atoms with Gasteiger partial charge in [-0.2, -0.15) is 31.3 Å². The molecule has 14 heteroatoms. The second kappa shape index (κ2) is 11.1. The lowest BCUT2D eigenvalue weighted by molar-refractivity contribution is -0.143. The summed E-state index contributed by atoms with van der Waals surface area (Å²) < 4.78 is 107.